The number of halogens is 3. The molecule has 0 saturated carbocycles. The second-order valence-electron chi connectivity index (χ2n) is 8.56. The highest BCUT2D eigenvalue weighted by Crippen LogP contribution is 2.28. The van der Waals surface area contributed by atoms with Gasteiger partial charge in [-0.05, 0) is 18.2 Å². The highest BCUT2D eigenvalue weighted by Gasteiger charge is 2.38. The van der Waals surface area contributed by atoms with Crippen molar-refractivity contribution in [1.29, 1.82) is 0 Å². The molecule has 1 N–H and O–H groups in total. The molecule has 0 radical (unpaired) electrons. The van der Waals surface area contributed by atoms with Crippen LogP contribution in [0, 0.1) is 0 Å². The van der Waals surface area contributed by atoms with E-state index in [4.69, 9.17) is 24.4 Å². The van der Waals surface area contributed by atoms with Crippen molar-refractivity contribution in [3.63, 3.8) is 0 Å². The van der Waals surface area contributed by atoms with Gasteiger partial charge in [0.1, 0.15) is 5.75 Å². The highest BCUT2D eigenvalue weighted by atomic mass is 19.4. The van der Waals surface area contributed by atoms with Gasteiger partial charge in [-0.2, -0.15) is 13.2 Å². The Balaban J connectivity index is 0.000000448. The first-order valence-electron chi connectivity index (χ1n) is 11.9. The van der Waals surface area contributed by atoms with E-state index in [1.807, 2.05) is 42.9 Å². The molecular weight excluding hydrogens is 517 g/mol. The van der Waals surface area contributed by atoms with Crippen molar-refractivity contribution < 1.29 is 32.5 Å². The molecule has 1 aliphatic rings. The lowest BCUT2D eigenvalue weighted by molar-refractivity contribution is -0.192. The second kappa shape index (κ2) is 12.0. The molecule has 0 bridgehead atoms. The normalized spacial score (nSPS) is 14.0. The van der Waals surface area contributed by atoms with Crippen LogP contribution in [0.15, 0.2) is 61.2 Å². The monoisotopic (exact) mass is 544 g/mol. The number of carboxylic acid groups (broad SMARTS) is 1. The topological polar surface area (TPSA) is 105 Å². The number of piperazine rings is 1. The smallest absolute Gasteiger partial charge is 0.490 e. The first-order chi connectivity index (χ1) is 18.7. The lowest BCUT2D eigenvalue weighted by atomic mass is 10.1. The summed E-state index contributed by atoms with van der Waals surface area (Å²) in [7, 11) is 3.35. The van der Waals surface area contributed by atoms with Crippen molar-refractivity contribution in [1.82, 2.24) is 24.3 Å². The zero-order valence-corrected chi connectivity index (χ0v) is 21.3. The van der Waals surface area contributed by atoms with Crippen LogP contribution in [-0.2, 0) is 11.3 Å². The van der Waals surface area contributed by atoms with Gasteiger partial charge in [0.15, 0.2) is 11.5 Å². The van der Waals surface area contributed by atoms with E-state index in [0.717, 1.165) is 66.8 Å². The molecule has 1 fully saturated rings. The summed E-state index contributed by atoms with van der Waals surface area (Å²) in [5.41, 5.74) is 4.06. The molecule has 0 unspecified atom stereocenters. The molecular formula is C26H27F3N6O4. The summed E-state index contributed by atoms with van der Waals surface area (Å²) < 4.78 is 44.6. The fourth-order valence-corrected chi connectivity index (χ4v) is 4.21. The van der Waals surface area contributed by atoms with Crippen molar-refractivity contribution >= 4 is 17.4 Å². The average Bonchev–Trinajstić information content (AvgIpc) is 3.38. The Hall–Kier alpha value is -4.39. The van der Waals surface area contributed by atoms with Gasteiger partial charge in [0.2, 0.25) is 5.88 Å². The van der Waals surface area contributed by atoms with Crippen molar-refractivity contribution in [3.8, 4) is 22.9 Å². The molecule has 39 heavy (non-hydrogen) atoms. The Morgan fingerprint density at radius 3 is 2.41 bits per heavy atom. The van der Waals surface area contributed by atoms with Crippen LogP contribution in [0.5, 0.6) is 11.6 Å². The van der Waals surface area contributed by atoms with Gasteiger partial charge in [-0.15, -0.1) is 0 Å². The Morgan fingerprint density at radius 2 is 1.74 bits per heavy atom. The van der Waals surface area contributed by atoms with Gasteiger partial charge >= 0.3 is 12.1 Å². The second-order valence-corrected chi connectivity index (χ2v) is 8.56. The van der Waals surface area contributed by atoms with Crippen LogP contribution in [0.4, 0.5) is 19.0 Å². The fraction of sp³-hybridized carbons (Fsp3) is 0.308. The molecule has 5 rings (SSSR count). The maximum Gasteiger partial charge on any atom is 0.490 e. The number of rotatable bonds is 6. The van der Waals surface area contributed by atoms with Crippen LogP contribution in [-0.4, -0.2) is 81.9 Å². The fourth-order valence-electron chi connectivity index (χ4n) is 4.21. The number of aromatic nitrogens is 4. The van der Waals surface area contributed by atoms with Crippen molar-refractivity contribution in [2.24, 2.45) is 0 Å². The number of carbonyl (C=O) groups is 1. The number of hydrogen-bond acceptors (Lipinski definition) is 8. The number of methoxy groups -OCH3 is 2. The SMILES string of the molecule is COc1cccc(-c2cnc3c(N4CCN(Cc5cccnc5OC)CC4)nccn23)c1.O=C(O)C(F)(F)F. The van der Waals surface area contributed by atoms with E-state index in [9.17, 15) is 13.2 Å². The minimum Gasteiger partial charge on any atom is -0.497 e. The molecule has 4 heterocycles. The van der Waals surface area contributed by atoms with E-state index in [0.29, 0.717) is 5.88 Å². The number of hydrogen-bond donors (Lipinski definition) is 1. The molecule has 0 aliphatic carbocycles. The van der Waals surface area contributed by atoms with Gasteiger partial charge in [0, 0.05) is 62.4 Å². The number of nitrogens with zero attached hydrogens (tertiary/aromatic N) is 6. The summed E-state index contributed by atoms with van der Waals surface area (Å²) in [5.74, 6) is -0.315. The first kappa shape index (κ1) is 27.6. The lowest BCUT2D eigenvalue weighted by Gasteiger charge is -2.35. The summed E-state index contributed by atoms with van der Waals surface area (Å²) in [6.07, 6.45) is 2.39. The highest BCUT2D eigenvalue weighted by molar-refractivity contribution is 5.73. The molecule has 206 valence electrons. The predicted molar refractivity (Wildman–Crippen MR) is 137 cm³/mol. The van der Waals surface area contributed by atoms with Crippen LogP contribution >= 0.6 is 0 Å². The summed E-state index contributed by atoms with van der Waals surface area (Å²) in [4.78, 5) is 27.3. The number of fused-ring (bicyclic) bond motifs is 1. The number of ether oxygens (including phenoxy) is 2. The number of alkyl halides is 3. The molecule has 13 heteroatoms. The number of anilines is 1. The van der Waals surface area contributed by atoms with Gasteiger partial charge in [-0.25, -0.2) is 19.7 Å². The van der Waals surface area contributed by atoms with E-state index in [2.05, 4.69) is 36.3 Å². The Bertz CT molecular complexity index is 1420. The molecule has 3 aromatic heterocycles. The van der Waals surface area contributed by atoms with E-state index in [1.165, 1.54) is 0 Å². The molecule has 1 aromatic carbocycles. The van der Waals surface area contributed by atoms with Crippen LogP contribution in [0.3, 0.4) is 0 Å². The third-order valence-corrected chi connectivity index (χ3v) is 6.13. The largest absolute Gasteiger partial charge is 0.497 e. The van der Waals surface area contributed by atoms with Gasteiger partial charge < -0.3 is 19.5 Å². The van der Waals surface area contributed by atoms with Crippen LogP contribution in [0.2, 0.25) is 0 Å². The minimum atomic E-state index is -5.08. The van der Waals surface area contributed by atoms with Gasteiger partial charge in [0.05, 0.1) is 26.1 Å². The average molecular weight is 545 g/mol. The van der Waals surface area contributed by atoms with Crippen molar-refractivity contribution in [2.75, 3.05) is 45.3 Å². The van der Waals surface area contributed by atoms with Gasteiger partial charge in [-0.1, -0.05) is 18.2 Å². The zero-order valence-electron chi connectivity index (χ0n) is 21.3. The zero-order chi connectivity index (χ0) is 28.0. The number of aliphatic carboxylic acids is 1. The lowest BCUT2D eigenvalue weighted by Crippen LogP contribution is -2.46. The van der Waals surface area contributed by atoms with E-state index >= 15 is 0 Å². The maximum atomic E-state index is 10.6. The quantitative estimate of drug-likeness (QED) is 0.388. The van der Waals surface area contributed by atoms with Crippen molar-refractivity contribution in [2.45, 2.75) is 12.7 Å². The minimum absolute atomic E-state index is 0.698. The Morgan fingerprint density at radius 1 is 1.00 bits per heavy atom. The third kappa shape index (κ3) is 6.55. The molecule has 1 saturated heterocycles. The summed E-state index contributed by atoms with van der Waals surface area (Å²) >= 11 is 0. The van der Waals surface area contributed by atoms with Crippen LogP contribution in [0.25, 0.3) is 16.9 Å². The molecule has 10 nitrogen and oxygen atoms in total. The Kier molecular flexibility index (Phi) is 8.49. The number of pyridine rings is 1. The molecule has 0 atom stereocenters. The molecule has 4 aromatic rings. The summed E-state index contributed by atoms with van der Waals surface area (Å²) in [5, 5.41) is 7.12. The molecule has 1 aliphatic heterocycles. The van der Waals surface area contributed by atoms with Gasteiger partial charge in [-0.3, -0.25) is 9.30 Å². The third-order valence-electron chi connectivity index (χ3n) is 6.13. The summed E-state index contributed by atoms with van der Waals surface area (Å²) in [6.45, 7) is 4.47. The molecule has 0 amide bonds. The first-order valence-corrected chi connectivity index (χ1v) is 11.9. The van der Waals surface area contributed by atoms with E-state index in [-0.39, 0.29) is 0 Å². The predicted octanol–water partition coefficient (Wildman–Crippen LogP) is 3.76. The van der Waals surface area contributed by atoms with Crippen molar-refractivity contribution in [3.05, 3.63) is 66.7 Å². The Labute approximate surface area is 222 Å². The number of benzene rings is 1. The van der Waals surface area contributed by atoms with Gasteiger partial charge in [0.25, 0.3) is 0 Å². The van der Waals surface area contributed by atoms with E-state index in [1.54, 1.807) is 20.4 Å². The standard InChI is InChI=1S/C24H26N6O2.C2HF3O2/c1-31-20-7-3-5-18(15-20)21-16-27-23-22(25-9-10-30(21)23)29-13-11-28(12-14-29)17-19-6-4-8-26-24(19)32-2;3-2(4,5)1(6)7/h3-10,15-16H,11-14,17H2,1-2H3;(H,6,7). The number of carboxylic acids is 1. The number of imidazole rings is 1. The maximum absolute atomic E-state index is 10.6. The van der Waals surface area contributed by atoms with E-state index < -0.39 is 12.1 Å². The van der Waals surface area contributed by atoms with Crippen LogP contribution < -0.4 is 14.4 Å². The molecule has 0 spiro atoms. The van der Waals surface area contributed by atoms with Crippen LogP contribution in [0.1, 0.15) is 5.56 Å². The summed E-state index contributed by atoms with van der Waals surface area (Å²) in [6, 6.07) is 12.1.